The number of aliphatic hydroxyl groups excluding tert-OH is 1. The van der Waals surface area contributed by atoms with Crippen molar-refractivity contribution in [2.24, 2.45) is 5.92 Å². The molecule has 0 aliphatic carbocycles. The fourth-order valence-electron chi connectivity index (χ4n) is 1.86. The highest BCUT2D eigenvalue weighted by atomic mass is 16.3. The van der Waals surface area contributed by atoms with Gasteiger partial charge in [0.05, 0.1) is 12.0 Å². The fourth-order valence-corrected chi connectivity index (χ4v) is 1.86. The summed E-state index contributed by atoms with van der Waals surface area (Å²) < 4.78 is 0. The van der Waals surface area contributed by atoms with Crippen molar-refractivity contribution in [2.45, 2.75) is 18.9 Å². The second kappa shape index (κ2) is 2.34. The molecule has 0 bridgehead atoms. The lowest BCUT2D eigenvalue weighted by Gasteiger charge is -2.41. The number of fused-ring (bicyclic) bond motifs is 1. The van der Waals surface area contributed by atoms with Crippen LogP contribution in [0.25, 0.3) is 0 Å². The Bertz CT molecular complexity index is 212. The van der Waals surface area contributed by atoms with Gasteiger partial charge in [-0.25, -0.2) is 0 Å². The van der Waals surface area contributed by atoms with Crippen LogP contribution in [0.3, 0.4) is 0 Å². The predicted octanol–water partition coefficient (Wildman–Crippen LogP) is 0.113. The lowest BCUT2D eigenvalue weighted by atomic mass is 9.85. The predicted molar refractivity (Wildman–Crippen MR) is 39.6 cm³/mol. The number of nitrogens with zero attached hydrogens (tertiary/aromatic N) is 1. The van der Waals surface area contributed by atoms with E-state index in [0.717, 1.165) is 6.42 Å². The van der Waals surface area contributed by atoms with Gasteiger partial charge in [0, 0.05) is 12.8 Å². The number of aliphatic hydroxyl groups is 1. The van der Waals surface area contributed by atoms with E-state index in [2.05, 4.69) is 0 Å². The Morgan fingerprint density at radius 2 is 2.55 bits per heavy atom. The number of hydrogen-bond acceptors (Lipinski definition) is 2. The minimum absolute atomic E-state index is 0.0926. The maximum absolute atomic E-state index is 11.2. The second-order valence-electron chi connectivity index (χ2n) is 3.05. The Kier molecular flexibility index (Phi) is 1.46. The molecule has 1 saturated heterocycles. The summed E-state index contributed by atoms with van der Waals surface area (Å²) in [4.78, 5) is 13.0. The Morgan fingerprint density at radius 1 is 1.73 bits per heavy atom. The van der Waals surface area contributed by atoms with Crippen molar-refractivity contribution in [1.29, 1.82) is 0 Å². The molecule has 0 aromatic rings. The lowest BCUT2D eigenvalue weighted by Crippen LogP contribution is -2.56. The quantitative estimate of drug-likeness (QED) is 0.572. The van der Waals surface area contributed by atoms with E-state index in [9.17, 15) is 4.79 Å². The van der Waals surface area contributed by atoms with E-state index in [1.807, 2.05) is 12.3 Å². The van der Waals surface area contributed by atoms with Crippen molar-refractivity contribution in [3.05, 3.63) is 12.3 Å². The van der Waals surface area contributed by atoms with Crippen molar-refractivity contribution in [2.75, 3.05) is 6.61 Å². The first-order valence-corrected chi connectivity index (χ1v) is 3.94. The summed E-state index contributed by atoms with van der Waals surface area (Å²) in [6, 6.07) is 0.370. The zero-order chi connectivity index (χ0) is 7.84. The van der Waals surface area contributed by atoms with Crippen LogP contribution in [0.5, 0.6) is 0 Å². The van der Waals surface area contributed by atoms with Gasteiger partial charge in [0.25, 0.3) is 0 Å². The summed E-state index contributed by atoms with van der Waals surface area (Å²) in [6.07, 6.45) is 5.46. The van der Waals surface area contributed by atoms with Crippen molar-refractivity contribution >= 4 is 5.91 Å². The number of rotatable bonds is 2. The van der Waals surface area contributed by atoms with Crippen molar-refractivity contribution in [3.8, 4) is 0 Å². The van der Waals surface area contributed by atoms with Crippen molar-refractivity contribution in [3.63, 3.8) is 0 Å². The summed E-state index contributed by atoms with van der Waals surface area (Å²) in [7, 11) is 0. The van der Waals surface area contributed by atoms with E-state index in [-0.39, 0.29) is 18.4 Å². The molecule has 1 fully saturated rings. The van der Waals surface area contributed by atoms with Crippen LogP contribution < -0.4 is 0 Å². The third kappa shape index (κ3) is 0.807. The zero-order valence-electron chi connectivity index (χ0n) is 6.23. The molecular formula is C8H11NO2. The van der Waals surface area contributed by atoms with E-state index in [1.165, 1.54) is 0 Å². The number of β-lactam (4-membered cyclic amide) rings is 1. The Hall–Kier alpha value is -0.830. The number of hydrogen-bond donors (Lipinski definition) is 1. The van der Waals surface area contributed by atoms with Crippen molar-refractivity contribution < 1.29 is 9.90 Å². The third-order valence-electron chi connectivity index (χ3n) is 2.48. The highest BCUT2D eigenvalue weighted by Crippen LogP contribution is 2.35. The monoisotopic (exact) mass is 153 g/mol. The van der Waals surface area contributed by atoms with Gasteiger partial charge in [0.2, 0.25) is 5.91 Å². The summed E-state index contributed by atoms with van der Waals surface area (Å²) >= 11 is 0. The van der Waals surface area contributed by atoms with Gasteiger partial charge in [-0.15, -0.1) is 0 Å². The minimum atomic E-state index is 0.0926. The average molecular weight is 153 g/mol. The molecule has 2 heterocycles. The lowest BCUT2D eigenvalue weighted by molar-refractivity contribution is -0.150. The standard InChI is InChI=1S/C8H11NO2/c10-5-3-6-7-2-1-4-9(7)8(6)11/h1,4,6-7,10H,2-3,5H2/t6?,7-/m1/s1. The van der Waals surface area contributed by atoms with Crippen LogP contribution in [0, 0.1) is 5.92 Å². The Morgan fingerprint density at radius 3 is 3.27 bits per heavy atom. The normalized spacial score (nSPS) is 33.9. The summed E-state index contributed by atoms with van der Waals surface area (Å²) in [6.45, 7) is 0.126. The molecule has 0 radical (unpaired) electrons. The van der Waals surface area contributed by atoms with Gasteiger partial charge < -0.3 is 10.0 Å². The molecule has 1 unspecified atom stereocenters. The number of carbonyl (C=O) groups is 1. The Balaban J connectivity index is 2.01. The maximum atomic E-state index is 11.2. The molecule has 0 aromatic carbocycles. The highest BCUT2D eigenvalue weighted by molar-refractivity contribution is 5.87. The van der Waals surface area contributed by atoms with E-state index < -0.39 is 0 Å². The van der Waals surface area contributed by atoms with Crippen LogP contribution in [0.2, 0.25) is 0 Å². The third-order valence-corrected chi connectivity index (χ3v) is 2.48. The highest BCUT2D eigenvalue weighted by Gasteiger charge is 2.46. The molecule has 1 amide bonds. The number of carbonyl (C=O) groups excluding carboxylic acids is 1. The second-order valence-corrected chi connectivity index (χ2v) is 3.05. The van der Waals surface area contributed by atoms with Gasteiger partial charge in [0.15, 0.2) is 0 Å². The van der Waals surface area contributed by atoms with E-state index >= 15 is 0 Å². The van der Waals surface area contributed by atoms with Gasteiger partial charge in [-0.3, -0.25) is 4.79 Å². The van der Waals surface area contributed by atoms with E-state index in [4.69, 9.17) is 5.11 Å². The molecule has 2 rings (SSSR count). The molecule has 0 aromatic heterocycles. The van der Waals surface area contributed by atoms with Crippen LogP contribution in [0.4, 0.5) is 0 Å². The van der Waals surface area contributed by atoms with E-state index in [0.29, 0.717) is 12.5 Å². The van der Waals surface area contributed by atoms with Crippen LogP contribution >= 0.6 is 0 Å². The first kappa shape index (κ1) is 6.85. The molecule has 60 valence electrons. The zero-order valence-corrected chi connectivity index (χ0v) is 6.23. The molecular weight excluding hydrogens is 142 g/mol. The van der Waals surface area contributed by atoms with Gasteiger partial charge in [-0.05, 0) is 12.8 Å². The first-order chi connectivity index (χ1) is 5.34. The molecule has 11 heavy (non-hydrogen) atoms. The summed E-state index contributed by atoms with van der Waals surface area (Å²) in [5, 5.41) is 8.65. The SMILES string of the molecule is O=C1C(CCO)[C@H]2CC=CN12. The fraction of sp³-hybridized carbons (Fsp3) is 0.625. The van der Waals surface area contributed by atoms with Crippen LogP contribution in [0.15, 0.2) is 12.3 Å². The Labute approximate surface area is 65.3 Å². The van der Waals surface area contributed by atoms with Gasteiger partial charge in [-0.2, -0.15) is 0 Å². The van der Waals surface area contributed by atoms with Crippen LogP contribution in [-0.4, -0.2) is 28.6 Å². The molecule has 2 aliphatic rings. The van der Waals surface area contributed by atoms with Gasteiger partial charge in [0.1, 0.15) is 0 Å². The number of amides is 1. The smallest absolute Gasteiger partial charge is 0.232 e. The minimum Gasteiger partial charge on any atom is -0.396 e. The average Bonchev–Trinajstić information content (AvgIpc) is 2.44. The summed E-state index contributed by atoms with van der Waals surface area (Å²) in [5.74, 6) is 0.271. The maximum Gasteiger partial charge on any atom is 0.232 e. The van der Waals surface area contributed by atoms with Gasteiger partial charge >= 0.3 is 0 Å². The first-order valence-electron chi connectivity index (χ1n) is 3.94. The molecule has 3 nitrogen and oxygen atoms in total. The van der Waals surface area contributed by atoms with Crippen LogP contribution in [0.1, 0.15) is 12.8 Å². The summed E-state index contributed by atoms with van der Waals surface area (Å²) in [5.41, 5.74) is 0. The van der Waals surface area contributed by atoms with Gasteiger partial charge in [-0.1, -0.05) is 6.08 Å². The molecule has 3 heteroatoms. The molecule has 0 spiro atoms. The molecule has 1 N–H and O–H groups in total. The molecule has 2 atom stereocenters. The topological polar surface area (TPSA) is 40.5 Å². The molecule has 0 saturated carbocycles. The van der Waals surface area contributed by atoms with Crippen LogP contribution in [-0.2, 0) is 4.79 Å². The van der Waals surface area contributed by atoms with Crippen molar-refractivity contribution in [1.82, 2.24) is 4.90 Å². The van der Waals surface area contributed by atoms with E-state index in [1.54, 1.807) is 4.90 Å². The largest absolute Gasteiger partial charge is 0.396 e. The molecule has 2 aliphatic heterocycles.